The minimum atomic E-state index is 0.133. The predicted octanol–water partition coefficient (Wildman–Crippen LogP) is 2.50. The number of nitrogens with two attached hydrogens (primary N) is 1. The van der Waals surface area contributed by atoms with Crippen molar-refractivity contribution in [1.82, 2.24) is 0 Å². The summed E-state index contributed by atoms with van der Waals surface area (Å²) in [6.07, 6.45) is 1.09. The smallest absolute Gasteiger partial charge is 0.0797 e. The van der Waals surface area contributed by atoms with E-state index < -0.39 is 0 Å². The van der Waals surface area contributed by atoms with E-state index in [0.29, 0.717) is 6.61 Å². The van der Waals surface area contributed by atoms with E-state index in [0.717, 1.165) is 6.42 Å². The second-order valence-electron chi connectivity index (χ2n) is 3.55. The minimum Gasteiger partial charge on any atom is -0.372 e. The van der Waals surface area contributed by atoms with Crippen molar-refractivity contribution in [2.24, 2.45) is 5.73 Å². The summed E-state index contributed by atoms with van der Waals surface area (Å²) in [6, 6.07) is 10.4. The van der Waals surface area contributed by atoms with Crippen LogP contribution in [0, 0.1) is 0 Å². The van der Waals surface area contributed by atoms with Crippen LogP contribution in [-0.2, 0) is 4.74 Å². The Bertz CT molecular complexity index is 248. The fourth-order valence-electron chi connectivity index (χ4n) is 1.21. The lowest BCUT2D eigenvalue weighted by Gasteiger charge is -2.16. The zero-order valence-corrected chi connectivity index (χ0v) is 8.94. The summed E-state index contributed by atoms with van der Waals surface area (Å²) < 4.78 is 5.66. The summed E-state index contributed by atoms with van der Waals surface area (Å²) in [5, 5.41) is 0. The van der Waals surface area contributed by atoms with Crippen LogP contribution in [0.25, 0.3) is 0 Å². The lowest BCUT2D eigenvalue weighted by Crippen LogP contribution is -2.25. The number of ether oxygens (including phenoxy) is 1. The number of hydrogen-bond donors (Lipinski definition) is 1. The first-order valence-electron chi connectivity index (χ1n) is 5.16. The molecule has 0 amide bonds. The molecular formula is C12H19NO. The molecule has 0 aliphatic rings. The molecule has 0 saturated carbocycles. The topological polar surface area (TPSA) is 35.2 Å². The molecule has 0 aromatic heterocycles. The van der Waals surface area contributed by atoms with E-state index in [4.69, 9.17) is 10.5 Å². The maximum atomic E-state index is 5.77. The number of benzene rings is 1. The molecule has 0 heterocycles. The lowest BCUT2D eigenvalue weighted by atomic mass is 10.1. The number of rotatable bonds is 5. The van der Waals surface area contributed by atoms with Crippen LogP contribution < -0.4 is 5.73 Å². The Hall–Kier alpha value is -0.860. The Morgan fingerprint density at radius 3 is 2.50 bits per heavy atom. The normalized spacial score (nSPS) is 15.1. The molecule has 2 nitrogen and oxygen atoms in total. The quantitative estimate of drug-likeness (QED) is 0.779. The van der Waals surface area contributed by atoms with Crippen LogP contribution in [0.5, 0.6) is 0 Å². The van der Waals surface area contributed by atoms with Gasteiger partial charge in [-0.15, -0.1) is 0 Å². The van der Waals surface area contributed by atoms with Crippen LogP contribution in [-0.4, -0.2) is 12.6 Å². The van der Waals surface area contributed by atoms with Gasteiger partial charge in [0.05, 0.1) is 12.7 Å². The fraction of sp³-hybridized carbons (Fsp3) is 0.500. The lowest BCUT2D eigenvalue weighted by molar-refractivity contribution is 0.0552. The van der Waals surface area contributed by atoms with Crippen LogP contribution in [0.1, 0.15) is 31.9 Å². The third-order valence-corrected chi connectivity index (χ3v) is 2.35. The highest BCUT2D eigenvalue weighted by Crippen LogP contribution is 2.15. The molecule has 78 valence electrons. The summed E-state index contributed by atoms with van der Waals surface area (Å²) in [5.74, 6) is 0. The highest BCUT2D eigenvalue weighted by Gasteiger charge is 2.06. The Balaban J connectivity index is 2.39. The molecule has 1 rings (SSSR count). The van der Waals surface area contributed by atoms with Gasteiger partial charge in [0.1, 0.15) is 0 Å². The SMILES string of the molecule is CCC(N)COC(C)c1ccccc1. The standard InChI is InChI=1S/C12H19NO/c1-3-12(13)9-14-10(2)11-7-5-4-6-8-11/h4-8,10,12H,3,9,13H2,1-2H3. The van der Waals surface area contributed by atoms with E-state index in [1.165, 1.54) is 5.56 Å². The van der Waals surface area contributed by atoms with E-state index in [1.54, 1.807) is 0 Å². The van der Waals surface area contributed by atoms with E-state index in [2.05, 4.69) is 26.0 Å². The van der Waals surface area contributed by atoms with Gasteiger partial charge in [-0.1, -0.05) is 37.3 Å². The average molecular weight is 193 g/mol. The Morgan fingerprint density at radius 1 is 1.29 bits per heavy atom. The maximum absolute atomic E-state index is 5.77. The van der Waals surface area contributed by atoms with E-state index >= 15 is 0 Å². The van der Waals surface area contributed by atoms with Crippen LogP contribution >= 0.6 is 0 Å². The zero-order valence-electron chi connectivity index (χ0n) is 8.94. The van der Waals surface area contributed by atoms with E-state index in [1.807, 2.05) is 18.2 Å². The maximum Gasteiger partial charge on any atom is 0.0797 e. The van der Waals surface area contributed by atoms with Gasteiger partial charge >= 0.3 is 0 Å². The Labute approximate surface area is 86.1 Å². The van der Waals surface area contributed by atoms with Gasteiger partial charge < -0.3 is 10.5 Å². The van der Waals surface area contributed by atoms with Crippen molar-refractivity contribution in [3.8, 4) is 0 Å². The predicted molar refractivity (Wildman–Crippen MR) is 59.1 cm³/mol. The Kier molecular flexibility index (Phi) is 4.63. The van der Waals surface area contributed by atoms with Crippen LogP contribution in [0.3, 0.4) is 0 Å². The van der Waals surface area contributed by atoms with Gasteiger partial charge in [-0.05, 0) is 18.9 Å². The minimum absolute atomic E-state index is 0.133. The molecule has 2 N–H and O–H groups in total. The first-order chi connectivity index (χ1) is 6.74. The van der Waals surface area contributed by atoms with Gasteiger partial charge in [0.25, 0.3) is 0 Å². The van der Waals surface area contributed by atoms with Crippen LogP contribution in [0.2, 0.25) is 0 Å². The molecule has 0 aliphatic heterocycles. The second-order valence-corrected chi connectivity index (χ2v) is 3.55. The molecule has 2 heteroatoms. The molecule has 2 atom stereocenters. The highest BCUT2D eigenvalue weighted by atomic mass is 16.5. The fourth-order valence-corrected chi connectivity index (χ4v) is 1.21. The van der Waals surface area contributed by atoms with Gasteiger partial charge in [-0.2, -0.15) is 0 Å². The van der Waals surface area contributed by atoms with Gasteiger partial charge in [-0.3, -0.25) is 0 Å². The molecule has 0 spiro atoms. The van der Waals surface area contributed by atoms with Crippen molar-refractivity contribution >= 4 is 0 Å². The first kappa shape index (κ1) is 11.2. The van der Waals surface area contributed by atoms with E-state index in [9.17, 15) is 0 Å². The van der Waals surface area contributed by atoms with Crippen molar-refractivity contribution in [2.75, 3.05) is 6.61 Å². The molecule has 14 heavy (non-hydrogen) atoms. The molecule has 0 aliphatic carbocycles. The van der Waals surface area contributed by atoms with Gasteiger partial charge in [0.2, 0.25) is 0 Å². The summed E-state index contributed by atoms with van der Waals surface area (Å²) >= 11 is 0. The van der Waals surface area contributed by atoms with Gasteiger partial charge in [-0.25, -0.2) is 0 Å². The second kappa shape index (κ2) is 5.78. The molecule has 0 bridgehead atoms. The highest BCUT2D eigenvalue weighted by molar-refractivity contribution is 5.16. The van der Waals surface area contributed by atoms with Gasteiger partial charge in [0, 0.05) is 6.04 Å². The molecule has 0 radical (unpaired) electrons. The monoisotopic (exact) mass is 193 g/mol. The molecule has 2 unspecified atom stereocenters. The van der Waals surface area contributed by atoms with Crippen LogP contribution in [0.4, 0.5) is 0 Å². The van der Waals surface area contributed by atoms with Crippen LogP contribution in [0.15, 0.2) is 30.3 Å². The number of hydrogen-bond acceptors (Lipinski definition) is 2. The zero-order chi connectivity index (χ0) is 10.4. The molecule has 0 fully saturated rings. The molecule has 1 aromatic rings. The van der Waals surface area contributed by atoms with Crippen molar-refractivity contribution in [2.45, 2.75) is 32.4 Å². The third-order valence-electron chi connectivity index (χ3n) is 2.35. The van der Waals surface area contributed by atoms with Crippen molar-refractivity contribution in [1.29, 1.82) is 0 Å². The Morgan fingerprint density at radius 2 is 1.93 bits per heavy atom. The van der Waals surface area contributed by atoms with Gasteiger partial charge in [0.15, 0.2) is 0 Å². The first-order valence-corrected chi connectivity index (χ1v) is 5.16. The van der Waals surface area contributed by atoms with Crippen molar-refractivity contribution in [3.05, 3.63) is 35.9 Å². The van der Waals surface area contributed by atoms with Crippen molar-refractivity contribution < 1.29 is 4.74 Å². The molecular weight excluding hydrogens is 174 g/mol. The third kappa shape index (κ3) is 3.48. The molecule has 0 saturated heterocycles. The largest absolute Gasteiger partial charge is 0.372 e. The summed E-state index contributed by atoms with van der Waals surface area (Å²) in [7, 11) is 0. The summed E-state index contributed by atoms with van der Waals surface area (Å²) in [4.78, 5) is 0. The van der Waals surface area contributed by atoms with Crippen molar-refractivity contribution in [3.63, 3.8) is 0 Å². The molecule has 1 aromatic carbocycles. The average Bonchev–Trinajstić information content (AvgIpc) is 2.26. The summed E-state index contributed by atoms with van der Waals surface area (Å²) in [6.45, 7) is 4.76. The van der Waals surface area contributed by atoms with E-state index in [-0.39, 0.29) is 12.1 Å². The summed E-state index contributed by atoms with van der Waals surface area (Å²) in [5.41, 5.74) is 6.98.